The van der Waals surface area contributed by atoms with E-state index in [1.54, 1.807) is 0 Å². The number of aryl methyl sites for hydroxylation is 1. The highest BCUT2D eigenvalue weighted by Gasteiger charge is 2.26. The van der Waals surface area contributed by atoms with Crippen molar-refractivity contribution in [2.24, 2.45) is 13.0 Å². The van der Waals surface area contributed by atoms with Crippen LogP contribution in [0.5, 0.6) is 0 Å². The van der Waals surface area contributed by atoms with Gasteiger partial charge >= 0.3 is 0 Å². The van der Waals surface area contributed by atoms with Crippen molar-refractivity contribution in [2.45, 2.75) is 41.0 Å². The maximum absolute atomic E-state index is 9.95. The van der Waals surface area contributed by atoms with Gasteiger partial charge in [-0.15, -0.1) is 0 Å². The number of hydrogen-bond acceptors (Lipinski definition) is 2. The van der Waals surface area contributed by atoms with Gasteiger partial charge in [0.25, 0.3) is 0 Å². The van der Waals surface area contributed by atoms with E-state index in [9.17, 15) is 5.26 Å². The molecular formula is C32H31N2O+. The number of nitriles is 1. The molecule has 35 heavy (non-hydrogen) atoms. The monoisotopic (exact) mass is 459 g/mol. The van der Waals surface area contributed by atoms with Crippen LogP contribution in [0.1, 0.15) is 41.8 Å². The molecule has 0 amide bonds. The van der Waals surface area contributed by atoms with Gasteiger partial charge in [0.05, 0.1) is 17.2 Å². The first-order chi connectivity index (χ1) is 16.8. The summed E-state index contributed by atoms with van der Waals surface area (Å²) in [5.74, 6) is 0.573. The van der Waals surface area contributed by atoms with Crippen LogP contribution in [0.2, 0.25) is 0 Å². The molecule has 5 aromatic rings. The zero-order valence-corrected chi connectivity index (χ0v) is 21.4. The van der Waals surface area contributed by atoms with E-state index in [0.29, 0.717) is 11.5 Å². The minimum Gasteiger partial charge on any atom is -0.454 e. The van der Waals surface area contributed by atoms with E-state index < -0.39 is 0 Å². The number of pyridine rings is 1. The van der Waals surface area contributed by atoms with Crippen LogP contribution >= 0.6 is 0 Å². The van der Waals surface area contributed by atoms with Crippen LogP contribution < -0.4 is 4.57 Å². The van der Waals surface area contributed by atoms with E-state index in [2.05, 4.69) is 82.6 Å². The largest absolute Gasteiger partial charge is 0.454 e. The highest BCUT2D eigenvalue weighted by Crippen LogP contribution is 2.42. The molecule has 0 spiro atoms. The van der Waals surface area contributed by atoms with Gasteiger partial charge < -0.3 is 4.42 Å². The Hall–Kier alpha value is -3.90. The summed E-state index contributed by atoms with van der Waals surface area (Å²) in [6.45, 7) is 11.1. The van der Waals surface area contributed by atoms with Crippen molar-refractivity contribution < 1.29 is 8.98 Å². The molecule has 2 aromatic heterocycles. The van der Waals surface area contributed by atoms with E-state index >= 15 is 0 Å². The van der Waals surface area contributed by atoms with Crippen LogP contribution in [0.25, 0.3) is 44.3 Å². The molecule has 0 aliphatic rings. The SMILES string of the molecule is Cc1ccc2c(oc3c(-c4ccccc4)ccc(C#N)c32)c1-c1cc(CC(C)C)c(C)c(C)[n+]1C. The zero-order valence-electron chi connectivity index (χ0n) is 21.4. The summed E-state index contributed by atoms with van der Waals surface area (Å²) in [6.07, 6.45) is 1.03. The average Bonchev–Trinajstić information content (AvgIpc) is 3.24. The standard InChI is InChI=1S/C32H31N2O/c1-19(2)16-25-17-28(34(6)22(5)21(25)4)29-20(3)12-14-27-30-24(18-33)13-15-26(31(30)35-32(27)29)23-10-8-7-9-11-23/h7-15,17,19H,16H2,1-6H3/q+1. The first kappa shape index (κ1) is 22.9. The third kappa shape index (κ3) is 3.70. The van der Waals surface area contributed by atoms with Gasteiger partial charge in [0.15, 0.2) is 5.69 Å². The third-order valence-electron chi connectivity index (χ3n) is 7.29. The van der Waals surface area contributed by atoms with Gasteiger partial charge in [0, 0.05) is 34.9 Å². The molecule has 0 saturated carbocycles. The molecule has 3 aromatic carbocycles. The average molecular weight is 460 g/mol. The maximum Gasteiger partial charge on any atom is 0.216 e. The van der Waals surface area contributed by atoms with E-state index in [1.165, 1.54) is 16.8 Å². The van der Waals surface area contributed by atoms with Gasteiger partial charge in [-0.3, -0.25) is 0 Å². The lowest BCUT2D eigenvalue weighted by Crippen LogP contribution is -2.36. The van der Waals surface area contributed by atoms with E-state index in [4.69, 9.17) is 4.42 Å². The Labute approximate surface area is 207 Å². The molecule has 174 valence electrons. The topological polar surface area (TPSA) is 40.8 Å². The smallest absolute Gasteiger partial charge is 0.216 e. The summed E-state index contributed by atoms with van der Waals surface area (Å²) in [6, 6.07) is 23.1. The van der Waals surface area contributed by atoms with Gasteiger partial charge in [-0.05, 0) is 55.0 Å². The van der Waals surface area contributed by atoms with Crippen LogP contribution in [0.4, 0.5) is 0 Å². The van der Waals surface area contributed by atoms with Crippen molar-refractivity contribution in [2.75, 3.05) is 0 Å². The van der Waals surface area contributed by atoms with Crippen molar-refractivity contribution in [1.82, 2.24) is 0 Å². The molecule has 0 fully saturated rings. The number of rotatable bonds is 4. The van der Waals surface area contributed by atoms with Crippen molar-refractivity contribution >= 4 is 21.9 Å². The predicted octanol–water partition coefficient (Wildman–Crippen LogP) is 7.74. The number of fused-ring (bicyclic) bond motifs is 3. The highest BCUT2D eigenvalue weighted by molar-refractivity contribution is 6.15. The fourth-order valence-electron chi connectivity index (χ4n) is 5.23. The quantitative estimate of drug-likeness (QED) is 0.258. The van der Waals surface area contributed by atoms with Gasteiger partial charge in [-0.1, -0.05) is 56.3 Å². The third-order valence-corrected chi connectivity index (χ3v) is 7.29. The molecule has 0 aliphatic carbocycles. The molecule has 0 atom stereocenters. The molecule has 0 unspecified atom stereocenters. The summed E-state index contributed by atoms with van der Waals surface area (Å²) >= 11 is 0. The Morgan fingerprint density at radius 3 is 2.37 bits per heavy atom. The normalized spacial score (nSPS) is 11.5. The fraction of sp³-hybridized carbons (Fsp3) is 0.250. The summed E-state index contributed by atoms with van der Waals surface area (Å²) < 4.78 is 9.00. The van der Waals surface area contributed by atoms with Crippen LogP contribution in [-0.4, -0.2) is 0 Å². The highest BCUT2D eigenvalue weighted by atomic mass is 16.3. The molecular weight excluding hydrogens is 428 g/mol. The van der Waals surface area contributed by atoms with Crippen molar-refractivity contribution in [3.05, 3.63) is 88.6 Å². The molecule has 2 heterocycles. The fourth-order valence-corrected chi connectivity index (χ4v) is 5.23. The van der Waals surface area contributed by atoms with E-state index in [0.717, 1.165) is 56.3 Å². The minimum absolute atomic E-state index is 0.573. The van der Waals surface area contributed by atoms with Gasteiger partial charge in [-0.25, -0.2) is 0 Å². The molecule has 0 bridgehead atoms. The summed E-state index contributed by atoms with van der Waals surface area (Å²) in [5.41, 5.74) is 11.7. The second-order valence-corrected chi connectivity index (χ2v) is 10.0. The lowest BCUT2D eigenvalue weighted by atomic mass is 9.93. The predicted molar refractivity (Wildman–Crippen MR) is 143 cm³/mol. The molecule has 0 saturated heterocycles. The second kappa shape index (κ2) is 8.71. The molecule has 0 N–H and O–H groups in total. The Bertz CT molecular complexity index is 1630. The molecule has 3 nitrogen and oxygen atoms in total. The molecule has 0 aliphatic heterocycles. The van der Waals surface area contributed by atoms with Crippen LogP contribution in [0.3, 0.4) is 0 Å². The van der Waals surface area contributed by atoms with Crippen molar-refractivity contribution in [3.8, 4) is 28.5 Å². The maximum atomic E-state index is 9.95. The summed E-state index contributed by atoms with van der Waals surface area (Å²) in [7, 11) is 2.13. The van der Waals surface area contributed by atoms with Crippen LogP contribution in [-0.2, 0) is 13.5 Å². The minimum atomic E-state index is 0.573. The number of hydrogen-bond donors (Lipinski definition) is 0. The van der Waals surface area contributed by atoms with Gasteiger partial charge in [0.1, 0.15) is 18.2 Å². The van der Waals surface area contributed by atoms with Crippen molar-refractivity contribution in [1.29, 1.82) is 5.26 Å². The molecule has 3 heteroatoms. The zero-order chi connectivity index (χ0) is 24.9. The van der Waals surface area contributed by atoms with E-state index in [-0.39, 0.29) is 0 Å². The summed E-state index contributed by atoms with van der Waals surface area (Å²) in [4.78, 5) is 0. The number of furan rings is 1. The van der Waals surface area contributed by atoms with Crippen LogP contribution in [0, 0.1) is 38.0 Å². The van der Waals surface area contributed by atoms with Crippen LogP contribution in [0.15, 0.2) is 65.1 Å². The lowest BCUT2D eigenvalue weighted by molar-refractivity contribution is -0.667. The first-order valence-corrected chi connectivity index (χ1v) is 12.3. The number of aromatic nitrogens is 1. The number of nitrogens with zero attached hydrogens (tertiary/aromatic N) is 2. The lowest BCUT2D eigenvalue weighted by Gasteiger charge is -2.14. The van der Waals surface area contributed by atoms with Crippen molar-refractivity contribution in [3.63, 3.8) is 0 Å². The second-order valence-electron chi connectivity index (χ2n) is 10.0. The molecule has 5 rings (SSSR count). The summed E-state index contributed by atoms with van der Waals surface area (Å²) in [5, 5.41) is 11.8. The number of benzene rings is 3. The first-order valence-electron chi connectivity index (χ1n) is 12.3. The Morgan fingerprint density at radius 1 is 0.943 bits per heavy atom. The Kier molecular flexibility index (Phi) is 5.69. The Morgan fingerprint density at radius 2 is 1.69 bits per heavy atom. The molecule has 0 radical (unpaired) electrons. The van der Waals surface area contributed by atoms with E-state index in [1.807, 2.05) is 30.3 Å². The van der Waals surface area contributed by atoms with Gasteiger partial charge in [-0.2, -0.15) is 9.83 Å². The Balaban J connectivity index is 1.89. The van der Waals surface area contributed by atoms with Gasteiger partial charge in [0.2, 0.25) is 5.69 Å².